The van der Waals surface area contributed by atoms with Crippen LogP contribution in [0.3, 0.4) is 0 Å². The minimum Gasteiger partial charge on any atom is -0.456 e. The minimum absolute atomic E-state index is 0.0828. The Labute approximate surface area is 164 Å². The van der Waals surface area contributed by atoms with Crippen LogP contribution in [0.2, 0.25) is 0 Å². The molecule has 0 atom stereocenters. The van der Waals surface area contributed by atoms with E-state index in [4.69, 9.17) is 4.74 Å². The van der Waals surface area contributed by atoms with E-state index in [-0.39, 0.29) is 18.0 Å². The maximum atomic E-state index is 12.6. The molecule has 9 heteroatoms. The molecule has 1 aromatic carbocycles. The molecule has 1 amide bonds. The van der Waals surface area contributed by atoms with E-state index in [9.17, 15) is 23.1 Å². The summed E-state index contributed by atoms with van der Waals surface area (Å²) in [5.41, 5.74) is -1.30. The number of nitrogens with zero attached hydrogens (tertiary/aromatic N) is 2. The number of halogens is 3. The molecule has 29 heavy (non-hydrogen) atoms. The molecule has 0 aliphatic carbocycles. The fraction of sp³-hybridized carbons (Fsp3) is 0.250. The van der Waals surface area contributed by atoms with E-state index in [1.165, 1.54) is 12.1 Å². The van der Waals surface area contributed by atoms with E-state index in [2.05, 4.69) is 15.3 Å². The number of rotatable bonds is 5. The minimum atomic E-state index is -4.51. The number of hydrogen-bond donors (Lipinski definition) is 2. The largest absolute Gasteiger partial charge is 0.456 e. The number of hydrogen-bond acceptors (Lipinski definition) is 5. The maximum Gasteiger partial charge on any atom is 0.433 e. The molecule has 3 aromatic rings. The number of amides is 1. The molecule has 0 fully saturated rings. The summed E-state index contributed by atoms with van der Waals surface area (Å²) in [5.74, 6) is 0.137. The molecule has 0 saturated carbocycles. The van der Waals surface area contributed by atoms with Crippen molar-refractivity contribution in [3.05, 3.63) is 60.0 Å². The molecular formula is C20H18F3N3O3. The Hall–Kier alpha value is -3.20. The van der Waals surface area contributed by atoms with Gasteiger partial charge in [0.15, 0.2) is 0 Å². The number of nitrogens with one attached hydrogen (secondary N) is 1. The predicted molar refractivity (Wildman–Crippen MR) is 99.7 cm³/mol. The zero-order valence-corrected chi connectivity index (χ0v) is 15.6. The summed E-state index contributed by atoms with van der Waals surface area (Å²) in [4.78, 5) is 19.8. The molecule has 152 valence electrons. The van der Waals surface area contributed by atoms with Gasteiger partial charge in [-0.3, -0.25) is 4.79 Å². The number of pyridine rings is 2. The van der Waals surface area contributed by atoms with Crippen molar-refractivity contribution in [2.24, 2.45) is 0 Å². The van der Waals surface area contributed by atoms with Gasteiger partial charge < -0.3 is 15.2 Å². The van der Waals surface area contributed by atoms with Crippen LogP contribution in [0.15, 0.2) is 48.7 Å². The Morgan fingerprint density at radius 1 is 1.10 bits per heavy atom. The third-order valence-corrected chi connectivity index (χ3v) is 3.84. The zero-order chi connectivity index (χ0) is 21.2. The van der Waals surface area contributed by atoms with Crippen LogP contribution in [0.5, 0.6) is 11.5 Å². The van der Waals surface area contributed by atoms with Gasteiger partial charge in [-0.05, 0) is 50.2 Å². The molecule has 2 aromatic heterocycles. The van der Waals surface area contributed by atoms with Crippen LogP contribution >= 0.6 is 0 Å². The van der Waals surface area contributed by atoms with Gasteiger partial charge in [-0.2, -0.15) is 13.2 Å². The van der Waals surface area contributed by atoms with E-state index < -0.39 is 23.4 Å². The second kappa shape index (κ2) is 7.67. The van der Waals surface area contributed by atoms with Crippen molar-refractivity contribution < 1.29 is 27.8 Å². The van der Waals surface area contributed by atoms with Crippen LogP contribution in [0.25, 0.3) is 10.9 Å². The topological polar surface area (TPSA) is 84.3 Å². The van der Waals surface area contributed by atoms with Gasteiger partial charge in [-0.25, -0.2) is 9.97 Å². The van der Waals surface area contributed by atoms with Crippen LogP contribution in [0, 0.1) is 0 Å². The van der Waals surface area contributed by atoms with E-state index in [0.717, 1.165) is 12.3 Å². The lowest BCUT2D eigenvalue weighted by atomic mass is 10.1. The molecule has 0 radical (unpaired) electrons. The summed E-state index contributed by atoms with van der Waals surface area (Å²) < 4.78 is 43.2. The standard InChI is InChI=1S/C20H18F3N3O3/c1-19(2,28)11-25-18(27)16-6-3-12-9-13(4-7-15(12)26-16)29-14-5-8-17(24-10-14)20(21,22)23/h3-10,28H,11H2,1-2H3,(H,25,27). The monoisotopic (exact) mass is 405 g/mol. The second-order valence-electron chi connectivity index (χ2n) is 7.03. The third-order valence-electron chi connectivity index (χ3n) is 3.84. The summed E-state index contributed by atoms with van der Waals surface area (Å²) >= 11 is 0. The summed E-state index contributed by atoms with van der Waals surface area (Å²) in [6.07, 6.45) is -3.51. The summed E-state index contributed by atoms with van der Waals surface area (Å²) in [6, 6.07) is 10.1. The Morgan fingerprint density at radius 2 is 1.83 bits per heavy atom. The average Bonchev–Trinajstić information content (AvgIpc) is 2.65. The smallest absolute Gasteiger partial charge is 0.433 e. The van der Waals surface area contributed by atoms with E-state index >= 15 is 0 Å². The highest BCUT2D eigenvalue weighted by molar-refractivity contribution is 5.95. The van der Waals surface area contributed by atoms with E-state index in [1.54, 1.807) is 38.1 Å². The summed E-state index contributed by atoms with van der Waals surface area (Å²) in [7, 11) is 0. The van der Waals surface area contributed by atoms with Gasteiger partial charge in [-0.15, -0.1) is 0 Å². The van der Waals surface area contributed by atoms with Gasteiger partial charge in [0, 0.05) is 11.9 Å². The lowest BCUT2D eigenvalue weighted by molar-refractivity contribution is -0.141. The van der Waals surface area contributed by atoms with Crippen LogP contribution in [-0.4, -0.2) is 33.1 Å². The first-order valence-corrected chi connectivity index (χ1v) is 8.64. The molecule has 0 aliphatic rings. The number of carbonyl (C=O) groups is 1. The highest BCUT2D eigenvalue weighted by atomic mass is 19.4. The number of ether oxygens (including phenoxy) is 1. The van der Waals surface area contributed by atoms with Gasteiger partial charge >= 0.3 is 6.18 Å². The lowest BCUT2D eigenvalue weighted by Gasteiger charge is -2.17. The maximum absolute atomic E-state index is 12.6. The molecule has 2 heterocycles. The van der Waals surface area contributed by atoms with Crippen molar-refractivity contribution in [2.45, 2.75) is 25.6 Å². The van der Waals surface area contributed by atoms with Crippen molar-refractivity contribution in [2.75, 3.05) is 6.54 Å². The molecule has 0 saturated heterocycles. The van der Waals surface area contributed by atoms with Gasteiger partial charge in [0.2, 0.25) is 0 Å². The molecule has 0 unspecified atom stereocenters. The van der Waals surface area contributed by atoms with Gasteiger partial charge in [-0.1, -0.05) is 6.07 Å². The Balaban J connectivity index is 1.74. The molecule has 2 N–H and O–H groups in total. The number of aromatic nitrogens is 2. The summed E-state index contributed by atoms with van der Waals surface area (Å²) in [6.45, 7) is 3.24. The zero-order valence-electron chi connectivity index (χ0n) is 15.6. The Morgan fingerprint density at radius 3 is 2.45 bits per heavy atom. The van der Waals surface area contributed by atoms with Gasteiger partial charge in [0.05, 0.1) is 17.3 Å². The molecule has 0 spiro atoms. The Bertz CT molecular complexity index is 1030. The van der Waals surface area contributed by atoms with Crippen molar-refractivity contribution in [3.8, 4) is 11.5 Å². The average molecular weight is 405 g/mol. The molecule has 0 aliphatic heterocycles. The number of alkyl halides is 3. The van der Waals surface area contributed by atoms with Crippen LogP contribution in [-0.2, 0) is 6.18 Å². The summed E-state index contributed by atoms with van der Waals surface area (Å²) in [5, 5.41) is 13.0. The molecule has 6 nitrogen and oxygen atoms in total. The second-order valence-corrected chi connectivity index (χ2v) is 7.03. The fourth-order valence-electron chi connectivity index (χ4n) is 2.43. The normalized spacial score (nSPS) is 12.1. The number of benzene rings is 1. The SMILES string of the molecule is CC(C)(O)CNC(=O)c1ccc2cc(Oc3ccc(C(F)(F)F)nc3)ccc2n1. The van der Waals surface area contributed by atoms with Crippen molar-refractivity contribution in [1.29, 1.82) is 0 Å². The fourth-order valence-corrected chi connectivity index (χ4v) is 2.43. The van der Waals surface area contributed by atoms with Crippen molar-refractivity contribution in [3.63, 3.8) is 0 Å². The first kappa shape index (κ1) is 20.5. The molecule has 0 bridgehead atoms. The van der Waals surface area contributed by atoms with Gasteiger partial charge in [0.1, 0.15) is 22.9 Å². The number of aliphatic hydroxyl groups is 1. The van der Waals surface area contributed by atoms with Crippen LogP contribution < -0.4 is 10.1 Å². The first-order valence-electron chi connectivity index (χ1n) is 8.64. The lowest BCUT2D eigenvalue weighted by Crippen LogP contribution is -2.38. The highest BCUT2D eigenvalue weighted by Gasteiger charge is 2.32. The molecular weight excluding hydrogens is 387 g/mol. The first-order chi connectivity index (χ1) is 13.5. The third kappa shape index (κ3) is 5.41. The molecule has 3 rings (SSSR count). The van der Waals surface area contributed by atoms with Crippen LogP contribution in [0.1, 0.15) is 30.0 Å². The number of carbonyl (C=O) groups excluding carboxylic acids is 1. The Kier molecular flexibility index (Phi) is 5.43. The van der Waals surface area contributed by atoms with Crippen molar-refractivity contribution in [1.82, 2.24) is 15.3 Å². The number of fused-ring (bicyclic) bond motifs is 1. The van der Waals surface area contributed by atoms with Gasteiger partial charge in [0.25, 0.3) is 5.91 Å². The van der Waals surface area contributed by atoms with Crippen molar-refractivity contribution >= 4 is 16.8 Å². The predicted octanol–water partition coefficient (Wildman–Crippen LogP) is 3.94. The van der Waals surface area contributed by atoms with E-state index in [1.807, 2.05) is 0 Å². The van der Waals surface area contributed by atoms with E-state index in [0.29, 0.717) is 16.7 Å². The van der Waals surface area contributed by atoms with Crippen LogP contribution in [0.4, 0.5) is 13.2 Å². The highest BCUT2D eigenvalue weighted by Crippen LogP contribution is 2.30. The quantitative estimate of drug-likeness (QED) is 0.672.